The lowest BCUT2D eigenvalue weighted by atomic mass is 10.0. The predicted molar refractivity (Wildman–Crippen MR) is 85.6 cm³/mol. The molecule has 3 N–H and O–H groups in total. The van der Waals surface area contributed by atoms with Crippen molar-refractivity contribution in [1.82, 2.24) is 10.6 Å². The number of nitrogens with one attached hydrogen (secondary N) is 2. The number of hydrogen-bond acceptors (Lipinski definition) is 3. The molecule has 1 fully saturated rings. The molecule has 1 aromatic carbocycles. The second kappa shape index (κ2) is 7.62. The third-order valence-corrected chi connectivity index (χ3v) is 3.79. The van der Waals surface area contributed by atoms with E-state index in [0.717, 1.165) is 12.1 Å². The third kappa shape index (κ3) is 4.21. The van der Waals surface area contributed by atoms with Crippen LogP contribution in [0, 0.1) is 5.92 Å². The van der Waals surface area contributed by atoms with Crippen molar-refractivity contribution in [2.75, 3.05) is 24.5 Å². The highest BCUT2D eigenvalue weighted by Gasteiger charge is 2.21. The third-order valence-electron chi connectivity index (χ3n) is 3.79. The molecule has 0 saturated carbocycles. The smallest absolute Gasteiger partial charge is 0.321 e. The number of carboxylic acid groups (broad SMARTS) is 1. The summed E-state index contributed by atoms with van der Waals surface area (Å²) in [6, 6.07) is 6.53. The van der Waals surface area contributed by atoms with Crippen LogP contribution in [0.5, 0.6) is 0 Å². The monoisotopic (exact) mass is 319 g/mol. The van der Waals surface area contributed by atoms with Crippen molar-refractivity contribution >= 4 is 23.6 Å². The number of nitrogens with zero attached hydrogens (tertiary/aromatic N) is 1. The Morgan fingerprint density at radius 2 is 2.04 bits per heavy atom. The summed E-state index contributed by atoms with van der Waals surface area (Å²) in [5.41, 5.74) is 1.17. The molecule has 0 aliphatic carbocycles. The van der Waals surface area contributed by atoms with Gasteiger partial charge in [0.05, 0.1) is 5.92 Å². The number of urea groups is 1. The van der Waals surface area contributed by atoms with Crippen molar-refractivity contribution in [2.45, 2.75) is 19.8 Å². The number of carbonyl (C=O) groups excluding carboxylic acids is 2. The van der Waals surface area contributed by atoms with Gasteiger partial charge in [0.2, 0.25) is 0 Å². The Balaban J connectivity index is 1.94. The lowest BCUT2D eigenvalue weighted by Crippen LogP contribution is -2.33. The molecule has 0 aromatic heterocycles. The average molecular weight is 319 g/mol. The molecule has 124 valence electrons. The summed E-state index contributed by atoms with van der Waals surface area (Å²) in [4.78, 5) is 36.3. The fourth-order valence-corrected chi connectivity index (χ4v) is 2.49. The molecule has 1 atom stereocenters. The number of amides is 3. The van der Waals surface area contributed by atoms with E-state index in [0.29, 0.717) is 25.1 Å². The van der Waals surface area contributed by atoms with E-state index < -0.39 is 11.9 Å². The van der Waals surface area contributed by atoms with Crippen LogP contribution < -0.4 is 15.5 Å². The van der Waals surface area contributed by atoms with Gasteiger partial charge in [0, 0.05) is 30.9 Å². The SMILES string of the molecule is CCCC(CNC(=O)c1ccc(N2CCNC2=O)cc1)C(=O)O. The topological polar surface area (TPSA) is 98.7 Å². The highest BCUT2D eigenvalue weighted by atomic mass is 16.4. The van der Waals surface area contributed by atoms with E-state index in [9.17, 15) is 14.4 Å². The maximum atomic E-state index is 12.1. The first kappa shape index (κ1) is 16.8. The van der Waals surface area contributed by atoms with Crippen molar-refractivity contribution in [3.8, 4) is 0 Å². The van der Waals surface area contributed by atoms with E-state index in [4.69, 9.17) is 5.11 Å². The van der Waals surface area contributed by atoms with Crippen LogP contribution in [0.3, 0.4) is 0 Å². The van der Waals surface area contributed by atoms with Crippen molar-refractivity contribution in [1.29, 1.82) is 0 Å². The molecule has 1 unspecified atom stereocenters. The Kier molecular flexibility index (Phi) is 5.56. The molecule has 3 amide bonds. The summed E-state index contributed by atoms with van der Waals surface area (Å²) < 4.78 is 0. The summed E-state index contributed by atoms with van der Waals surface area (Å²) >= 11 is 0. The second-order valence-corrected chi connectivity index (χ2v) is 5.46. The van der Waals surface area contributed by atoms with Gasteiger partial charge in [-0.3, -0.25) is 14.5 Å². The number of anilines is 1. The molecule has 2 rings (SSSR count). The van der Waals surface area contributed by atoms with Crippen LogP contribution >= 0.6 is 0 Å². The molecule has 0 spiro atoms. The van der Waals surface area contributed by atoms with Crippen molar-refractivity contribution < 1.29 is 19.5 Å². The van der Waals surface area contributed by atoms with E-state index in [1.165, 1.54) is 0 Å². The normalized spacial score (nSPS) is 15.2. The number of aliphatic carboxylic acids is 1. The molecule has 0 bridgehead atoms. The number of carbonyl (C=O) groups is 3. The van der Waals surface area contributed by atoms with Crippen LogP contribution in [0.25, 0.3) is 0 Å². The van der Waals surface area contributed by atoms with E-state index in [1.54, 1.807) is 29.2 Å². The summed E-state index contributed by atoms with van der Waals surface area (Å²) in [6.45, 7) is 3.22. The van der Waals surface area contributed by atoms with Gasteiger partial charge in [0.1, 0.15) is 0 Å². The Bertz CT molecular complexity index is 585. The van der Waals surface area contributed by atoms with Gasteiger partial charge in [-0.1, -0.05) is 13.3 Å². The van der Waals surface area contributed by atoms with Crippen molar-refractivity contribution in [2.24, 2.45) is 5.92 Å². The average Bonchev–Trinajstić information content (AvgIpc) is 2.97. The van der Waals surface area contributed by atoms with E-state index >= 15 is 0 Å². The minimum Gasteiger partial charge on any atom is -0.481 e. The van der Waals surface area contributed by atoms with Crippen molar-refractivity contribution in [3.63, 3.8) is 0 Å². The fourth-order valence-electron chi connectivity index (χ4n) is 2.49. The zero-order chi connectivity index (χ0) is 16.8. The van der Waals surface area contributed by atoms with Gasteiger partial charge < -0.3 is 15.7 Å². The van der Waals surface area contributed by atoms with Gasteiger partial charge in [-0.15, -0.1) is 0 Å². The fraction of sp³-hybridized carbons (Fsp3) is 0.438. The van der Waals surface area contributed by atoms with Gasteiger partial charge >= 0.3 is 12.0 Å². The Morgan fingerprint density at radius 3 is 2.57 bits per heavy atom. The summed E-state index contributed by atoms with van der Waals surface area (Å²) in [5, 5.41) is 14.4. The molecule has 7 heteroatoms. The number of benzene rings is 1. The maximum Gasteiger partial charge on any atom is 0.321 e. The maximum absolute atomic E-state index is 12.1. The van der Waals surface area contributed by atoms with Gasteiger partial charge in [-0.2, -0.15) is 0 Å². The Hall–Kier alpha value is -2.57. The van der Waals surface area contributed by atoms with Crippen LogP contribution in [-0.4, -0.2) is 42.6 Å². The van der Waals surface area contributed by atoms with Crippen molar-refractivity contribution in [3.05, 3.63) is 29.8 Å². The number of carboxylic acids is 1. The number of hydrogen-bond donors (Lipinski definition) is 3. The van der Waals surface area contributed by atoms with E-state index in [2.05, 4.69) is 10.6 Å². The molecular formula is C16H21N3O4. The van der Waals surface area contributed by atoms with Gasteiger partial charge in [-0.25, -0.2) is 4.79 Å². The lowest BCUT2D eigenvalue weighted by Gasteiger charge is -2.15. The molecule has 1 aliphatic heterocycles. The van der Waals surface area contributed by atoms with Gasteiger partial charge in [0.15, 0.2) is 0 Å². The van der Waals surface area contributed by atoms with Crippen LogP contribution in [0.1, 0.15) is 30.1 Å². The van der Waals surface area contributed by atoms with Crippen LogP contribution in [0.4, 0.5) is 10.5 Å². The quantitative estimate of drug-likeness (QED) is 0.708. The minimum absolute atomic E-state index is 0.109. The van der Waals surface area contributed by atoms with Gasteiger partial charge in [-0.05, 0) is 30.7 Å². The standard InChI is InChI=1S/C16H21N3O4/c1-2-3-12(15(21)22)10-18-14(20)11-4-6-13(7-5-11)19-9-8-17-16(19)23/h4-7,12H,2-3,8-10H2,1H3,(H,17,23)(H,18,20)(H,21,22). The lowest BCUT2D eigenvalue weighted by molar-refractivity contribution is -0.141. The molecule has 7 nitrogen and oxygen atoms in total. The van der Waals surface area contributed by atoms with Crippen LogP contribution in [-0.2, 0) is 4.79 Å². The largest absolute Gasteiger partial charge is 0.481 e. The number of rotatable bonds is 7. The van der Waals surface area contributed by atoms with Crippen LogP contribution in [0.2, 0.25) is 0 Å². The minimum atomic E-state index is -0.900. The Morgan fingerprint density at radius 1 is 1.35 bits per heavy atom. The zero-order valence-corrected chi connectivity index (χ0v) is 13.0. The van der Waals surface area contributed by atoms with Gasteiger partial charge in [0.25, 0.3) is 5.91 Å². The molecule has 1 heterocycles. The molecule has 1 saturated heterocycles. The highest BCUT2D eigenvalue weighted by molar-refractivity contribution is 5.97. The first-order chi connectivity index (χ1) is 11.0. The van der Waals surface area contributed by atoms with E-state index in [1.807, 2.05) is 6.92 Å². The molecule has 1 aromatic rings. The first-order valence-electron chi connectivity index (χ1n) is 7.69. The second-order valence-electron chi connectivity index (χ2n) is 5.46. The summed E-state index contributed by atoms with van der Waals surface area (Å²) in [6.07, 6.45) is 1.28. The summed E-state index contributed by atoms with van der Waals surface area (Å²) in [5.74, 6) is -1.79. The Labute approximate surface area is 134 Å². The zero-order valence-electron chi connectivity index (χ0n) is 13.0. The highest BCUT2D eigenvalue weighted by Crippen LogP contribution is 2.17. The molecule has 0 radical (unpaired) electrons. The molecule has 23 heavy (non-hydrogen) atoms. The predicted octanol–water partition coefficient (Wildman–Crippen LogP) is 1.45. The van der Waals surface area contributed by atoms with E-state index in [-0.39, 0.29) is 18.5 Å². The van der Waals surface area contributed by atoms with Crippen LogP contribution in [0.15, 0.2) is 24.3 Å². The molecule has 1 aliphatic rings. The molecular weight excluding hydrogens is 298 g/mol. The first-order valence-corrected chi connectivity index (χ1v) is 7.69. The summed E-state index contributed by atoms with van der Waals surface area (Å²) in [7, 11) is 0.